The number of nitrogens with one attached hydrogen (secondary N) is 4. The third-order valence-corrected chi connectivity index (χ3v) is 24.1. The number of likely N-dealkylation sites (tertiary alicyclic amines) is 3. The van der Waals surface area contributed by atoms with E-state index in [4.69, 9.17) is 0 Å². The number of H-pyrrole nitrogens is 3. The molecule has 0 saturated carbocycles. The molecule has 9 atom stereocenters. The molecule has 9 heterocycles. The second-order valence-electron chi connectivity index (χ2n) is 32.8. The smallest absolute Gasteiger partial charge is 0.270 e. The molecule has 3 aromatic heterocycles. The van der Waals surface area contributed by atoms with Gasteiger partial charge in [-0.3, -0.25) is 43.2 Å². The number of hydrogen-bond donors (Lipinski definition) is 4. The van der Waals surface area contributed by atoms with Crippen molar-refractivity contribution in [2.24, 2.45) is 17.8 Å². The molecule has 0 unspecified atom stereocenters. The van der Waals surface area contributed by atoms with Crippen molar-refractivity contribution in [2.75, 3.05) is 70.0 Å². The Hall–Kier alpha value is -12.4. The van der Waals surface area contributed by atoms with Crippen LogP contribution in [0.2, 0.25) is 0 Å². The van der Waals surface area contributed by atoms with Crippen molar-refractivity contribution in [3.8, 4) is 18.2 Å². The minimum Gasteiger partial charge on any atom is -0.351 e. The number of anilines is 3. The second-order valence-corrected chi connectivity index (χ2v) is 32.8. The van der Waals surface area contributed by atoms with Crippen LogP contribution in [0.5, 0.6) is 0 Å². The van der Waals surface area contributed by atoms with Gasteiger partial charge < -0.3 is 59.5 Å². The molecule has 9 amide bonds. The van der Waals surface area contributed by atoms with Crippen LogP contribution in [0, 0.1) is 72.5 Å². The molecule has 0 bridgehead atoms. The highest BCUT2D eigenvalue weighted by molar-refractivity contribution is 6.11. The van der Waals surface area contributed by atoms with Crippen molar-refractivity contribution in [3.63, 3.8) is 0 Å². The Labute approximate surface area is 665 Å². The Kier molecular flexibility index (Phi) is 22.5. The molecule has 9 aromatic rings. The lowest BCUT2D eigenvalue weighted by Crippen LogP contribution is -2.52. The number of fused-ring (bicyclic) bond motifs is 9. The number of rotatable bonds is 15. The van der Waals surface area contributed by atoms with Gasteiger partial charge in [0.25, 0.3) is 17.7 Å². The van der Waals surface area contributed by atoms with Gasteiger partial charge in [-0.2, -0.15) is 15.8 Å². The van der Waals surface area contributed by atoms with Gasteiger partial charge in [0.15, 0.2) is 0 Å². The van der Waals surface area contributed by atoms with Crippen molar-refractivity contribution in [2.45, 2.75) is 161 Å². The summed E-state index contributed by atoms with van der Waals surface area (Å²) in [7, 11) is 8.39. The molecule has 3 spiro atoms. The molecule has 6 aromatic carbocycles. The van der Waals surface area contributed by atoms with E-state index in [-0.39, 0.29) is 117 Å². The van der Waals surface area contributed by atoms with Crippen LogP contribution < -0.4 is 15.1 Å². The summed E-state index contributed by atoms with van der Waals surface area (Å²) in [5.41, 5.74) is 8.96. The van der Waals surface area contributed by atoms with Crippen LogP contribution in [0.3, 0.4) is 0 Å². The average Bonchev–Trinajstić information content (AvgIpc) is 1.57. The van der Waals surface area contributed by atoms with Crippen LogP contribution in [0.25, 0.3) is 32.7 Å². The van der Waals surface area contributed by atoms with E-state index in [0.29, 0.717) is 36.3 Å². The Bertz CT molecular complexity index is 5250. The fourth-order valence-corrected chi connectivity index (χ4v) is 18.1. The molecular formula is C90H101N15O9. The Morgan fingerprint density at radius 1 is 0.439 bits per heavy atom. The quantitative estimate of drug-likeness (QED) is 0.0744. The first-order valence-electron chi connectivity index (χ1n) is 38.7. The topological polar surface area (TPSA) is 310 Å². The first-order valence-corrected chi connectivity index (χ1v) is 38.7. The van der Waals surface area contributed by atoms with Crippen molar-refractivity contribution in [1.29, 1.82) is 15.8 Å². The lowest BCUT2D eigenvalue weighted by Gasteiger charge is -2.33. The van der Waals surface area contributed by atoms with E-state index >= 15 is 0 Å². The third kappa shape index (κ3) is 14.1. The van der Waals surface area contributed by atoms with E-state index < -0.39 is 52.5 Å². The monoisotopic (exact) mass is 1540 g/mol. The molecule has 4 N–H and O–H groups in total. The summed E-state index contributed by atoms with van der Waals surface area (Å²) in [6, 6.07) is 47.8. The zero-order valence-electron chi connectivity index (χ0n) is 66.5. The summed E-state index contributed by atoms with van der Waals surface area (Å²) in [6.07, 6.45) is 2.01. The van der Waals surface area contributed by atoms with Crippen LogP contribution in [-0.4, -0.2) is 189 Å². The molecule has 3 fully saturated rings. The predicted octanol–water partition coefficient (Wildman–Crippen LogP) is 12.6. The number of para-hydroxylation sites is 3. The maximum Gasteiger partial charge on any atom is 0.270 e. The molecule has 24 nitrogen and oxygen atoms in total. The molecule has 3 saturated heterocycles. The Morgan fingerprint density at radius 2 is 0.737 bits per heavy atom. The van der Waals surface area contributed by atoms with Gasteiger partial charge in [-0.25, -0.2) is 0 Å². The van der Waals surface area contributed by atoms with E-state index in [1.807, 2.05) is 208 Å². The van der Waals surface area contributed by atoms with Gasteiger partial charge in [0, 0.05) is 124 Å². The van der Waals surface area contributed by atoms with E-state index in [1.54, 1.807) is 45.0 Å². The van der Waals surface area contributed by atoms with E-state index in [2.05, 4.69) is 38.5 Å². The summed E-state index contributed by atoms with van der Waals surface area (Å²) < 4.78 is 0. The summed E-state index contributed by atoms with van der Waals surface area (Å²) in [5.74, 6) is -1.80. The normalized spacial score (nSPS) is 21.1. The fraction of sp³-hybridized carbons (Fsp3) is 0.400. The predicted molar refractivity (Wildman–Crippen MR) is 439 cm³/mol. The number of hydrogen-bond acceptors (Lipinski definition) is 12. The number of aryl methyl sites for hydroxylation is 3. The number of benzene rings is 6. The first-order chi connectivity index (χ1) is 53.8. The van der Waals surface area contributed by atoms with E-state index in [1.165, 1.54) is 29.4 Å². The molecule has 114 heavy (non-hydrogen) atoms. The first kappa shape index (κ1) is 81.1. The molecule has 24 heteroatoms. The van der Waals surface area contributed by atoms with Crippen molar-refractivity contribution < 1.29 is 43.2 Å². The van der Waals surface area contributed by atoms with Gasteiger partial charge in [-0.15, -0.1) is 0 Å². The fourth-order valence-electron chi connectivity index (χ4n) is 18.1. The molecule has 0 radical (unpaired) electrons. The van der Waals surface area contributed by atoms with Crippen LogP contribution in [0.1, 0.15) is 152 Å². The highest BCUT2D eigenvalue weighted by Crippen LogP contribution is 2.52. The highest BCUT2D eigenvalue weighted by atomic mass is 16.2. The number of carbonyl (C=O) groups is 9. The zero-order valence-corrected chi connectivity index (χ0v) is 66.5. The highest BCUT2D eigenvalue weighted by Gasteiger charge is 2.61. The average molecular weight is 1540 g/mol. The standard InChI is InChI=1S/2C30H33N5O3.C29H31N5O3.CH4/c2*1-18(2)13-26(33(4)27(36)24-14-21-19(3)9-8-11-23(21)32-24)28(37)35-17-30(15-20(35)16-31)22-10-6-7-12-25(22)34(5)29(30)38;1-17(2)12-25(33(4)26(35)24-13-20-18(3)8-7-11-22(20)31-24)27(36)34-16-29(14-19(34)15-30)21-9-5-6-10-23(21)32-28(29)37;/h2*6-12,14,18,20,26,32H,13,15,17H2,1-5H3;5-11,13,17,19,25,31H,12,14,16H2,1-4H3,(H,32,37);1H4/t2*20-,26-,30-;19-,25-,29-;/m000./s1. The summed E-state index contributed by atoms with van der Waals surface area (Å²) in [5, 5.41) is 35.9. The van der Waals surface area contributed by atoms with Crippen LogP contribution >= 0.6 is 0 Å². The summed E-state index contributed by atoms with van der Waals surface area (Å²) in [4.78, 5) is 145. The zero-order chi connectivity index (χ0) is 81.2. The summed E-state index contributed by atoms with van der Waals surface area (Å²) in [6.45, 7) is 18.3. The molecule has 15 rings (SSSR count). The second kappa shape index (κ2) is 31.7. The molecule has 0 aliphatic carbocycles. The number of nitriles is 3. The molecule has 590 valence electrons. The maximum atomic E-state index is 14.1. The van der Waals surface area contributed by atoms with Gasteiger partial charge in [0.05, 0.1) is 34.5 Å². The van der Waals surface area contributed by atoms with Crippen molar-refractivity contribution in [3.05, 3.63) is 196 Å². The van der Waals surface area contributed by atoms with Gasteiger partial charge in [0.2, 0.25) is 35.4 Å². The molecule has 6 aliphatic rings. The van der Waals surface area contributed by atoms with Crippen LogP contribution in [-0.2, 0) is 45.0 Å². The van der Waals surface area contributed by atoms with Crippen molar-refractivity contribution in [1.82, 2.24) is 44.4 Å². The van der Waals surface area contributed by atoms with Gasteiger partial charge in [-0.05, 0) is 146 Å². The van der Waals surface area contributed by atoms with Crippen LogP contribution in [0.4, 0.5) is 17.1 Å². The third-order valence-electron chi connectivity index (χ3n) is 24.1. The Balaban J connectivity index is 0.000000157. The number of nitrogens with zero attached hydrogens (tertiary/aromatic N) is 11. The Morgan fingerprint density at radius 3 is 1.05 bits per heavy atom. The number of aromatic nitrogens is 3. The minimum absolute atomic E-state index is 0. The number of likely N-dealkylation sites (N-methyl/N-ethyl adjacent to an activating group) is 5. The number of amides is 9. The van der Waals surface area contributed by atoms with Crippen molar-refractivity contribution >= 4 is 103 Å². The van der Waals surface area contributed by atoms with E-state index in [9.17, 15) is 58.9 Å². The number of carbonyl (C=O) groups excluding carboxylic acids is 9. The summed E-state index contributed by atoms with van der Waals surface area (Å²) >= 11 is 0. The largest absolute Gasteiger partial charge is 0.351 e. The minimum atomic E-state index is -0.966. The molecule has 6 aliphatic heterocycles. The van der Waals surface area contributed by atoms with Gasteiger partial charge >= 0.3 is 0 Å². The van der Waals surface area contributed by atoms with Crippen LogP contribution in [0.15, 0.2) is 146 Å². The number of aromatic amines is 3. The van der Waals surface area contributed by atoms with E-state index in [0.717, 1.165) is 83.2 Å². The lowest BCUT2D eigenvalue weighted by molar-refractivity contribution is -0.137. The SMILES string of the molecule is C.Cc1cccc2[nH]c(C(=O)N(C)[C@@H](CC(C)C)C(=O)N3C[C@]4(C[C@H]3C#N)C(=O)N(C)c3ccccc34)cc12.Cc1cccc2[nH]c(C(=O)N(C)[C@@H](CC(C)C)C(=O)N3C[C@]4(C[C@H]3C#N)C(=O)N(C)c3ccccc34)cc12.Cc1cccc2[nH]c(C(=O)N(C)[C@@H](CC(C)C)C(=O)N3C[C@]4(C[C@H]3C#N)C(=O)Nc3ccccc34)cc12. The lowest BCUT2D eigenvalue weighted by atomic mass is 9.79. The van der Waals surface area contributed by atoms with Gasteiger partial charge in [0.1, 0.15) is 53.3 Å². The maximum absolute atomic E-state index is 14.1. The molecular weight excluding hydrogens is 1440 g/mol. The van der Waals surface area contributed by atoms with Gasteiger partial charge in [-0.1, -0.05) is 140 Å².